The second-order valence-corrected chi connectivity index (χ2v) is 5.27. The smallest absolute Gasteiger partial charge is 0.254 e. The van der Waals surface area contributed by atoms with Crippen LogP contribution in [0.5, 0.6) is 0 Å². The summed E-state index contributed by atoms with van der Waals surface area (Å²) in [5.41, 5.74) is 1.49. The lowest BCUT2D eigenvalue weighted by molar-refractivity contribution is 0.0785. The number of carbonyl (C=O) groups excluding carboxylic acids is 1. The Labute approximate surface area is 132 Å². The van der Waals surface area contributed by atoms with Gasteiger partial charge in [0.2, 0.25) is 0 Å². The molecule has 2 aromatic carbocycles. The van der Waals surface area contributed by atoms with Crippen molar-refractivity contribution in [3.8, 4) is 0 Å². The van der Waals surface area contributed by atoms with Gasteiger partial charge in [0, 0.05) is 36.8 Å². The topological polar surface area (TPSA) is 33.2 Å². The van der Waals surface area contributed by atoms with Crippen molar-refractivity contribution in [2.24, 2.45) is 0 Å². The van der Waals surface area contributed by atoms with Crippen LogP contribution in [0.2, 0.25) is 0 Å². The van der Waals surface area contributed by atoms with Gasteiger partial charge >= 0.3 is 0 Å². The average Bonchev–Trinajstić information content (AvgIpc) is 2.56. The predicted molar refractivity (Wildman–Crippen MR) is 83.9 cm³/mol. The summed E-state index contributed by atoms with van der Waals surface area (Å²) in [4.78, 5) is 18.3. The van der Waals surface area contributed by atoms with E-state index in [4.69, 9.17) is 0 Å². The Morgan fingerprint density at radius 2 is 1.91 bits per heavy atom. The van der Waals surface area contributed by atoms with Crippen LogP contribution in [0.1, 0.15) is 15.9 Å². The number of halogens is 2. The highest BCUT2D eigenvalue weighted by Gasteiger charge is 2.16. The number of para-hydroxylation sites is 1. The average molecular weight is 312 g/mol. The number of nitrogens with zero attached hydrogens (tertiary/aromatic N) is 2. The number of hydrogen-bond donors (Lipinski definition) is 0. The van der Waals surface area contributed by atoms with Gasteiger partial charge in [0.05, 0.1) is 11.1 Å². The van der Waals surface area contributed by atoms with E-state index in [0.29, 0.717) is 5.56 Å². The fourth-order valence-electron chi connectivity index (χ4n) is 2.47. The van der Waals surface area contributed by atoms with Crippen molar-refractivity contribution >= 4 is 16.8 Å². The molecule has 0 saturated heterocycles. The van der Waals surface area contributed by atoms with E-state index in [-0.39, 0.29) is 18.0 Å². The summed E-state index contributed by atoms with van der Waals surface area (Å²) in [6.45, 7) is 0.0571. The summed E-state index contributed by atoms with van der Waals surface area (Å²) in [5.74, 6) is -1.54. The van der Waals surface area contributed by atoms with E-state index >= 15 is 0 Å². The van der Waals surface area contributed by atoms with Crippen molar-refractivity contribution in [1.29, 1.82) is 0 Å². The standard InChI is InChI=1S/C18H14F2N2O/c1-22(11-12-6-7-13(19)10-16(12)20)18(23)15-8-9-21-17-5-3-2-4-14(15)17/h2-10H,11H2,1H3. The van der Waals surface area contributed by atoms with E-state index in [1.54, 1.807) is 19.3 Å². The van der Waals surface area contributed by atoms with Crippen LogP contribution in [0, 0.1) is 11.6 Å². The second kappa shape index (κ2) is 6.12. The molecule has 1 amide bonds. The van der Waals surface area contributed by atoms with Gasteiger partial charge in [0.1, 0.15) is 11.6 Å². The van der Waals surface area contributed by atoms with Crippen LogP contribution in [0.25, 0.3) is 10.9 Å². The van der Waals surface area contributed by atoms with Crippen LogP contribution in [-0.2, 0) is 6.54 Å². The first-order valence-corrected chi connectivity index (χ1v) is 7.09. The largest absolute Gasteiger partial charge is 0.337 e. The van der Waals surface area contributed by atoms with Crippen molar-refractivity contribution in [1.82, 2.24) is 9.88 Å². The molecule has 0 fully saturated rings. The molecule has 0 saturated carbocycles. The third-order valence-corrected chi connectivity index (χ3v) is 3.65. The number of pyridine rings is 1. The zero-order chi connectivity index (χ0) is 16.4. The first kappa shape index (κ1) is 15.1. The Kier molecular flexibility index (Phi) is 4.02. The first-order valence-electron chi connectivity index (χ1n) is 7.09. The zero-order valence-electron chi connectivity index (χ0n) is 12.5. The molecule has 116 valence electrons. The normalized spacial score (nSPS) is 10.7. The van der Waals surface area contributed by atoms with Crippen molar-refractivity contribution in [2.45, 2.75) is 6.54 Å². The second-order valence-electron chi connectivity index (χ2n) is 5.27. The molecule has 0 radical (unpaired) electrons. The molecular formula is C18H14F2N2O. The molecular weight excluding hydrogens is 298 g/mol. The van der Waals surface area contributed by atoms with Gasteiger partial charge in [-0.2, -0.15) is 0 Å². The van der Waals surface area contributed by atoms with Gasteiger partial charge in [0.25, 0.3) is 5.91 Å². The number of aromatic nitrogens is 1. The fourth-order valence-corrected chi connectivity index (χ4v) is 2.47. The molecule has 0 spiro atoms. The summed E-state index contributed by atoms with van der Waals surface area (Å²) in [5, 5.41) is 0.742. The van der Waals surface area contributed by atoms with Crippen LogP contribution in [0.15, 0.2) is 54.7 Å². The van der Waals surface area contributed by atoms with Gasteiger partial charge in [-0.1, -0.05) is 24.3 Å². The van der Waals surface area contributed by atoms with Crippen LogP contribution < -0.4 is 0 Å². The summed E-state index contributed by atoms with van der Waals surface area (Å²) >= 11 is 0. The highest BCUT2D eigenvalue weighted by molar-refractivity contribution is 6.05. The molecule has 0 unspecified atom stereocenters. The first-order chi connectivity index (χ1) is 11.1. The minimum Gasteiger partial charge on any atom is -0.337 e. The third-order valence-electron chi connectivity index (χ3n) is 3.65. The number of amides is 1. The minimum atomic E-state index is -0.663. The van der Waals surface area contributed by atoms with E-state index in [1.807, 2.05) is 24.3 Å². The lowest BCUT2D eigenvalue weighted by atomic mass is 10.1. The lowest BCUT2D eigenvalue weighted by Gasteiger charge is -2.18. The molecule has 0 aliphatic carbocycles. The third kappa shape index (κ3) is 3.04. The maximum absolute atomic E-state index is 13.7. The Morgan fingerprint density at radius 3 is 2.70 bits per heavy atom. The maximum Gasteiger partial charge on any atom is 0.254 e. The van der Waals surface area contributed by atoms with Gasteiger partial charge in [-0.3, -0.25) is 9.78 Å². The Bertz CT molecular complexity index is 875. The van der Waals surface area contributed by atoms with E-state index in [0.717, 1.165) is 17.0 Å². The molecule has 0 bridgehead atoms. The number of benzene rings is 2. The quantitative estimate of drug-likeness (QED) is 0.737. The molecule has 0 aliphatic heterocycles. The van der Waals surface area contributed by atoms with Crippen molar-refractivity contribution in [3.05, 3.63) is 77.5 Å². The van der Waals surface area contributed by atoms with Gasteiger partial charge in [-0.15, -0.1) is 0 Å². The summed E-state index contributed by atoms with van der Waals surface area (Å²) < 4.78 is 26.7. The highest BCUT2D eigenvalue weighted by atomic mass is 19.1. The number of rotatable bonds is 3. The molecule has 1 aromatic heterocycles. The Hall–Kier alpha value is -2.82. The highest BCUT2D eigenvalue weighted by Crippen LogP contribution is 2.19. The van der Waals surface area contributed by atoms with E-state index in [1.165, 1.54) is 17.0 Å². The van der Waals surface area contributed by atoms with Gasteiger partial charge < -0.3 is 4.90 Å². The molecule has 1 heterocycles. The lowest BCUT2D eigenvalue weighted by Crippen LogP contribution is -2.27. The molecule has 3 rings (SSSR count). The number of fused-ring (bicyclic) bond motifs is 1. The molecule has 5 heteroatoms. The van der Waals surface area contributed by atoms with Crippen LogP contribution in [0.3, 0.4) is 0 Å². The maximum atomic E-state index is 13.7. The minimum absolute atomic E-state index is 0.0571. The molecule has 3 nitrogen and oxygen atoms in total. The summed E-state index contributed by atoms with van der Waals surface area (Å²) in [6.07, 6.45) is 1.57. The van der Waals surface area contributed by atoms with Crippen LogP contribution in [0.4, 0.5) is 8.78 Å². The van der Waals surface area contributed by atoms with Crippen molar-refractivity contribution < 1.29 is 13.6 Å². The zero-order valence-corrected chi connectivity index (χ0v) is 12.5. The molecule has 0 aliphatic rings. The summed E-state index contributed by atoms with van der Waals surface area (Å²) in [7, 11) is 1.58. The fraction of sp³-hybridized carbons (Fsp3) is 0.111. The van der Waals surface area contributed by atoms with Gasteiger partial charge in [-0.05, 0) is 18.2 Å². The van der Waals surface area contributed by atoms with Gasteiger partial charge in [0.15, 0.2) is 0 Å². The van der Waals surface area contributed by atoms with Crippen LogP contribution in [-0.4, -0.2) is 22.8 Å². The Morgan fingerprint density at radius 1 is 1.13 bits per heavy atom. The Balaban J connectivity index is 1.89. The van der Waals surface area contributed by atoms with E-state index in [2.05, 4.69) is 4.98 Å². The predicted octanol–water partition coefficient (Wildman–Crippen LogP) is 3.79. The van der Waals surface area contributed by atoms with Gasteiger partial charge in [-0.25, -0.2) is 8.78 Å². The number of carbonyl (C=O) groups is 1. The molecule has 23 heavy (non-hydrogen) atoms. The molecule has 0 N–H and O–H groups in total. The van der Waals surface area contributed by atoms with Crippen LogP contribution >= 0.6 is 0 Å². The molecule has 3 aromatic rings. The summed E-state index contributed by atoms with van der Waals surface area (Å²) in [6, 6.07) is 12.3. The monoisotopic (exact) mass is 312 g/mol. The van der Waals surface area contributed by atoms with Crippen molar-refractivity contribution in [3.63, 3.8) is 0 Å². The molecule has 0 atom stereocenters. The van der Waals surface area contributed by atoms with Crippen molar-refractivity contribution in [2.75, 3.05) is 7.05 Å². The number of hydrogen-bond acceptors (Lipinski definition) is 2. The SMILES string of the molecule is CN(Cc1ccc(F)cc1F)C(=O)c1ccnc2ccccc12. The van der Waals surface area contributed by atoms with E-state index in [9.17, 15) is 13.6 Å². The van der Waals surface area contributed by atoms with E-state index < -0.39 is 11.6 Å².